The quantitative estimate of drug-likeness (QED) is 0.424. The maximum Gasteiger partial charge on any atom is 0.122 e. The van der Waals surface area contributed by atoms with E-state index in [9.17, 15) is 0 Å². The predicted molar refractivity (Wildman–Crippen MR) is 118 cm³/mol. The first-order chi connectivity index (χ1) is 14.2. The summed E-state index contributed by atoms with van der Waals surface area (Å²) in [4.78, 5) is 0. The van der Waals surface area contributed by atoms with Gasteiger partial charge in [0, 0.05) is 11.8 Å². The summed E-state index contributed by atoms with van der Waals surface area (Å²) in [6.07, 6.45) is 1.02. The number of rotatable bonds is 11. The monoisotopic (exact) mass is 391 g/mol. The summed E-state index contributed by atoms with van der Waals surface area (Å²) in [5.74, 6) is 2.61. The highest BCUT2D eigenvalue weighted by Gasteiger charge is 2.10. The molecular weight excluding hydrogens is 362 g/mol. The summed E-state index contributed by atoms with van der Waals surface area (Å²) in [7, 11) is 0. The van der Waals surface area contributed by atoms with Crippen molar-refractivity contribution in [3.8, 4) is 17.2 Å². The second-order valence-electron chi connectivity index (χ2n) is 6.83. The van der Waals surface area contributed by atoms with E-state index < -0.39 is 0 Å². The molecule has 0 aliphatic rings. The molecule has 0 radical (unpaired) electrons. The maximum atomic E-state index is 6.16. The molecule has 0 fully saturated rings. The van der Waals surface area contributed by atoms with Gasteiger partial charge in [0.05, 0.1) is 6.54 Å². The molecule has 0 saturated heterocycles. The van der Waals surface area contributed by atoms with Crippen molar-refractivity contribution in [1.29, 1.82) is 0 Å². The van der Waals surface area contributed by atoms with Crippen molar-refractivity contribution in [3.05, 3.63) is 84.4 Å². The lowest BCUT2D eigenvalue weighted by atomic mass is 10.2. The van der Waals surface area contributed by atoms with E-state index in [-0.39, 0.29) is 6.10 Å². The third-order valence-electron chi connectivity index (χ3n) is 4.57. The Balaban J connectivity index is 1.45. The molecule has 1 N–H and O–H groups in total. The second-order valence-corrected chi connectivity index (χ2v) is 6.83. The Labute approximate surface area is 173 Å². The molecule has 0 aliphatic carbocycles. The molecule has 1 atom stereocenters. The minimum atomic E-state index is 0.0972. The van der Waals surface area contributed by atoms with E-state index in [4.69, 9.17) is 14.2 Å². The largest absolute Gasteiger partial charge is 0.490 e. The number of hydrogen-bond donors (Lipinski definition) is 1. The lowest BCUT2D eigenvalue weighted by Gasteiger charge is -2.20. The fourth-order valence-corrected chi connectivity index (χ4v) is 2.90. The van der Waals surface area contributed by atoms with Crippen molar-refractivity contribution in [2.45, 2.75) is 26.4 Å². The summed E-state index contributed by atoms with van der Waals surface area (Å²) >= 11 is 0. The molecule has 4 heteroatoms. The fraction of sp³-hybridized carbons (Fsp3) is 0.280. The Hall–Kier alpha value is -3.14. The number of hydrogen-bond acceptors (Lipinski definition) is 4. The van der Waals surface area contributed by atoms with Gasteiger partial charge in [0.2, 0.25) is 0 Å². The number of ether oxygens (including phenoxy) is 3. The molecule has 1 unspecified atom stereocenters. The first kappa shape index (κ1) is 20.6. The normalized spacial score (nSPS) is 11.5. The van der Waals surface area contributed by atoms with Crippen LogP contribution in [-0.4, -0.2) is 25.9 Å². The van der Waals surface area contributed by atoms with Crippen LogP contribution in [0.15, 0.2) is 78.9 Å². The van der Waals surface area contributed by atoms with E-state index >= 15 is 0 Å². The fourth-order valence-electron chi connectivity index (χ4n) is 2.90. The van der Waals surface area contributed by atoms with Gasteiger partial charge in [-0.25, -0.2) is 0 Å². The molecule has 152 valence electrons. The summed E-state index contributed by atoms with van der Waals surface area (Å²) in [5.41, 5.74) is 2.16. The Kier molecular flexibility index (Phi) is 7.81. The highest BCUT2D eigenvalue weighted by Crippen LogP contribution is 2.21. The van der Waals surface area contributed by atoms with E-state index in [1.807, 2.05) is 72.8 Å². The average Bonchev–Trinajstić information content (AvgIpc) is 2.76. The van der Waals surface area contributed by atoms with Crippen LogP contribution in [0.25, 0.3) is 0 Å². The summed E-state index contributed by atoms with van der Waals surface area (Å²) in [6.45, 7) is 5.93. The Morgan fingerprint density at radius 3 is 2.24 bits per heavy atom. The van der Waals surface area contributed by atoms with Crippen molar-refractivity contribution in [2.24, 2.45) is 0 Å². The zero-order valence-corrected chi connectivity index (χ0v) is 17.1. The molecular formula is C25H29NO3. The van der Waals surface area contributed by atoms with Crippen molar-refractivity contribution in [3.63, 3.8) is 0 Å². The van der Waals surface area contributed by atoms with Crippen molar-refractivity contribution >= 4 is 5.69 Å². The standard InChI is InChI=1S/C25H29NO3/c1-3-22(29-25-15-8-7-10-20(25)2)19-26-21-11-9-14-24(18-21)28-17-16-27-23-12-5-4-6-13-23/h4-15,18,22,26H,3,16-17,19H2,1-2H3. The lowest BCUT2D eigenvalue weighted by Crippen LogP contribution is -2.25. The molecule has 3 aromatic carbocycles. The lowest BCUT2D eigenvalue weighted by molar-refractivity contribution is 0.208. The Morgan fingerprint density at radius 1 is 0.793 bits per heavy atom. The van der Waals surface area contributed by atoms with Gasteiger partial charge in [-0.1, -0.05) is 49.4 Å². The SMILES string of the molecule is CCC(CNc1cccc(OCCOc2ccccc2)c1)Oc1ccccc1C. The molecule has 3 aromatic rings. The van der Waals surface area contributed by atoms with Gasteiger partial charge in [-0.2, -0.15) is 0 Å². The Morgan fingerprint density at radius 2 is 1.48 bits per heavy atom. The molecule has 0 amide bonds. The first-order valence-corrected chi connectivity index (χ1v) is 10.1. The van der Waals surface area contributed by atoms with Gasteiger partial charge in [0.15, 0.2) is 0 Å². The van der Waals surface area contributed by atoms with Gasteiger partial charge >= 0.3 is 0 Å². The third kappa shape index (κ3) is 6.75. The van der Waals surface area contributed by atoms with E-state index in [0.717, 1.165) is 41.5 Å². The van der Waals surface area contributed by atoms with E-state index in [0.29, 0.717) is 13.2 Å². The highest BCUT2D eigenvalue weighted by atomic mass is 16.5. The van der Waals surface area contributed by atoms with Crippen LogP contribution in [0.5, 0.6) is 17.2 Å². The van der Waals surface area contributed by atoms with Crippen LogP contribution in [0.1, 0.15) is 18.9 Å². The number of benzene rings is 3. The van der Waals surface area contributed by atoms with E-state index in [1.54, 1.807) is 0 Å². The molecule has 0 bridgehead atoms. The van der Waals surface area contributed by atoms with Crippen LogP contribution in [0.3, 0.4) is 0 Å². The van der Waals surface area contributed by atoms with Gasteiger partial charge in [0.25, 0.3) is 0 Å². The maximum absolute atomic E-state index is 6.16. The van der Waals surface area contributed by atoms with Gasteiger partial charge in [-0.3, -0.25) is 0 Å². The van der Waals surface area contributed by atoms with Crippen LogP contribution < -0.4 is 19.5 Å². The second kappa shape index (κ2) is 11.0. The number of aryl methyl sites for hydroxylation is 1. The topological polar surface area (TPSA) is 39.7 Å². The average molecular weight is 392 g/mol. The molecule has 0 spiro atoms. The van der Waals surface area contributed by atoms with Crippen molar-refractivity contribution < 1.29 is 14.2 Å². The van der Waals surface area contributed by atoms with Crippen LogP contribution in [-0.2, 0) is 0 Å². The first-order valence-electron chi connectivity index (χ1n) is 10.1. The molecule has 0 aromatic heterocycles. The molecule has 0 saturated carbocycles. The predicted octanol–water partition coefficient (Wildman–Crippen LogP) is 5.72. The van der Waals surface area contributed by atoms with Crippen LogP contribution in [0.2, 0.25) is 0 Å². The zero-order chi connectivity index (χ0) is 20.3. The van der Waals surface area contributed by atoms with E-state index in [1.165, 1.54) is 0 Å². The van der Waals surface area contributed by atoms with Gasteiger partial charge in [-0.15, -0.1) is 0 Å². The number of nitrogens with one attached hydrogen (secondary N) is 1. The molecule has 29 heavy (non-hydrogen) atoms. The number of para-hydroxylation sites is 2. The van der Waals surface area contributed by atoms with Gasteiger partial charge in [-0.05, 0) is 49.2 Å². The van der Waals surface area contributed by atoms with Crippen molar-refractivity contribution in [1.82, 2.24) is 0 Å². The smallest absolute Gasteiger partial charge is 0.122 e. The molecule has 0 aliphatic heterocycles. The molecule has 0 heterocycles. The van der Waals surface area contributed by atoms with Crippen LogP contribution in [0.4, 0.5) is 5.69 Å². The highest BCUT2D eigenvalue weighted by molar-refractivity contribution is 5.48. The number of anilines is 1. The third-order valence-corrected chi connectivity index (χ3v) is 4.57. The summed E-state index contributed by atoms with van der Waals surface area (Å²) < 4.78 is 17.6. The van der Waals surface area contributed by atoms with Crippen LogP contribution >= 0.6 is 0 Å². The Bertz CT molecular complexity index is 867. The van der Waals surface area contributed by atoms with Crippen molar-refractivity contribution in [2.75, 3.05) is 25.1 Å². The molecule has 4 nitrogen and oxygen atoms in total. The van der Waals surface area contributed by atoms with Crippen LogP contribution in [0, 0.1) is 6.92 Å². The molecule has 3 rings (SSSR count). The minimum Gasteiger partial charge on any atom is -0.490 e. The summed E-state index contributed by atoms with van der Waals surface area (Å²) in [6, 6.07) is 25.8. The van der Waals surface area contributed by atoms with Gasteiger partial charge in [0.1, 0.15) is 36.6 Å². The minimum absolute atomic E-state index is 0.0972. The zero-order valence-electron chi connectivity index (χ0n) is 17.1. The summed E-state index contributed by atoms with van der Waals surface area (Å²) in [5, 5.41) is 3.46. The van der Waals surface area contributed by atoms with Gasteiger partial charge < -0.3 is 19.5 Å². The van der Waals surface area contributed by atoms with E-state index in [2.05, 4.69) is 25.2 Å².